The van der Waals surface area contributed by atoms with E-state index in [1.807, 2.05) is 19.9 Å². The molecule has 0 spiro atoms. The summed E-state index contributed by atoms with van der Waals surface area (Å²) in [5, 5.41) is 2.51. The second kappa shape index (κ2) is 9.60. The fourth-order valence-corrected chi connectivity index (χ4v) is 7.23. The summed E-state index contributed by atoms with van der Waals surface area (Å²) in [5.41, 5.74) is 3.79. The maximum Gasteiger partial charge on any atom is 0.330 e. The minimum Gasteiger partial charge on any atom is -0.493 e. The van der Waals surface area contributed by atoms with E-state index in [1.165, 1.54) is 54.9 Å². The smallest absolute Gasteiger partial charge is 0.330 e. The van der Waals surface area contributed by atoms with Crippen LogP contribution in [0.2, 0.25) is 0 Å². The number of hydrogen-bond acceptors (Lipinski definition) is 3. The molecule has 0 amide bonds. The summed E-state index contributed by atoms with van der Waals surface area (Å²) in [6.07, 6.45) is 15.0. The molecule has 0 saturated heterocycles. The van der Waals surface area contributed by atoms with Crippen LogP contribution in [0.5, 0.6) is 5.75 Å². The summed E-state index contributed by atoms with van der Waals surface area (Å²) in [7, 11) is 0. The Morgan fingerprint density at radius 2 is 1.71 bits per heavy atom. The number of allylic oxidation sites excluding steroid dienone is 2. The van der Waals surface area contributed by atoms with Crippen molar-refractivity contribution in [1.29, 1.82) is 0 Å². The molecule has 4 aliphatic rings. The van der Waals surface area contributed by atoms with Gasteiger partial charge in [-0.25, -0.2) is 4.79 Å². The van der Waals surface area contributed by atoms with Crippen LogP contribution in [0.25, 0.3) is 16.8 Å². The maximum atomic E-state index is 11.7. The summed E-state index contributed by atoms with van der Waals surface area (Å²) in [6.45, 7) is 7.10. The summed E-state index contributed by atoms with van der Waals surface area (Å²) in [6, 6.07) is 11.4. The minimum absolute atomic E-state index is 0.289. The number of fused-ring (bicyclic) bond motifs is 1. The number of rotatable bonds is 8. The molecule has 34 heavy (non-hydrogen) atoms. The van der Waals surface area contributed by atoms with Gasteiger partial charge in [0.1, 0.15) is 5.75 Å². The van der Waals surface area contributed by atoms with E-state index < -0.39 is 0 Å². The zero-order valence-corrected chi connectivity index (χ0v) is 20.9. The molecule has 0 atom stereocenters. The first-order valence-electron chi connectivity index (χ1n) is 13.2. The van der Waals surface area contributed by atoms with Gasteiger partial charge in [-0.15, -0.1) is 0 Å². The molecule has 6 rings (SSSR count). The molecule has 2 aromatic rings. The Balaban J connectivity index is 1.49. The quantitative estimate of drug-likeness (QED) is 0.232. The first kappa shape index (κ1) is 23.2. The van der Waals surface area contributed by atoms with E-state index in [0.29, 0.717) is 12.0 Å². The zero-order chi connectivity index (χ0) is 23.7. The highest BCUT2D eigenvalue weighted by Crippen LogP contribution is 2.62. The number of benzene rings is 2. The van der Waals surface area contributed by atoms with Gasteiger partial charge in [-0.3, -0.25) is 0 Å². The van der Waals surface area contributed by atoms with Crippen molar-refractivity contribution in [2.75, 3.05) is 13.2 Å². The summed E-state index contributed by atoms with van der Waals surface area (Å²) in [4.78, 5) is 11.7. The van der Waals surface area contributed by atoms with E-state index in [1.54, 1.807) is 6.08 Å². The third kappa shape index (κ3) is 4.67. The molecule has 4 saturated carbocycles. The fourth-order valence-electron chi connectivity index (χ4n) is 7.23. The minimum atomic E-state index is -0.289. The van der Waals surface area contributed by atoms with Gasteiger partial charge < -0.3 is 9.47 Å². The van der Waals surface area contributed by atoms with Crippen molar-refractivity contribution in [1.82, 2.24) is 0 Å². The van der Waals surface area contributed by atoms with Gasteiger partial charge >= 0.3 is 5.97 Å². The fraction of sp³-hybridized carbons (Fsp3) is 0.516. The van der Waals surface area contributed by atoms with Crippen LogP contribution >= 0.6 is 0 Å². The Bertz CT molecular complexity index is 1090. The van der Waals surface area contributed by atoms with Gasteiger partial charge in [-0.2, -0.15) is 0 Å². The van der Waals surface area contributed by atoms with Crippen LogP contribution in [-0.4, -0.2) is 19.2 Å². The third-order valence-corrected chi connectivity index (χ3v) is 8.20. The Labute approximate surface area is 204 Å². The van der Waals surface area contributed by atoms with Crippen molar-refractivity contribution in [2.24, 2.45) is 17.8 Å². The SMILES string of the molecule is CCCOc1cc2ccc(/C=C/C(C)=C/C(=O)OCC)cc2cc1C12CC3CC(CC(C3)C1)C2. The van der Waals surface area contributed by atoms with Gasteiger partial charge in [0, 0.05) is 11.6 Å². The Morgan fingerprint density at radius 1 is 1.00 bits per heavy atom. The molecule has 4 bridgehead atoms. The molecule has 0 aliphatic heterocycles. The first-order chi connectivity index (χ1) is 16.5. The molecule has 3 nitrogen and oxygen atoms in total. The average molecular weight is 459 g/mol. The van der Waals surface area contributed by atoms with Gasteiger partial charge in [0.05, 0.1) is 13.2 Å². The van der Waals surface area contributed by atoms with Gasteiger partial charge in [0.2, 0.25) is 0 Å². The van der Waals surface area contributed by atoms with Gasteiger partial charge in [0.25, 0.3) is 0 Å². The number of esters is 1. The summed E-state index contributed by atoms with van der Waals surface area (Å²) < 4.78 is 11.4. The van der Waals surface area contributed by atoms with E-state index in [4.69, 9.17) is 9.47 Å². The molecule has 0 unspecified atom stereocenters. The second-order valence-electron chi connectivity index (χ2n) is 11.0. The number of ether oxygens (including phenoxy) is 2. The predicted molar refractivity (Wildman–Crippen MR) is 139 cm³/mol. The highest BCUT2D eigenvalue weighted by molar-refractivity contribution is 5.88. The van der Waals surface area contributed by atoms with Crippen molar-refractivity contribution in [3.63, 3.8) is 0 Å². The summed E-state index contributed by atoms with van der Waals surface area (Å²) in [5.74, 6) is 3.55. The largest absolute Gasteiger partial charge is 0.493 e. The Kier molecular flexibility index (Phi) is 6.55. The monoisotopic (exact) mass is 458 g/mol. The molecular weight excluding hydrogens is 420 g/mol. The molecule has 180 valence electrons. The molecule has 4 fully saturated rings. The lowest BCUT2D eigenvalue weighted by atomic mass is 9.48. The highest BCUT2D eigenvalue weighted by Gasteiger charge is 2.52. The van der Waals surface area contributed by atoms with Gasteiger partial charge in [-0.1, -0.05) is 31.2 Å². The molecule has 3 heteroatoms. The van der Waals surface area contributed by atoms with Crippen LogP contribution in [0.3, 0.4) is 0 Å². The van der Waals surface area contributed by atoms with E-state index >= 15 is 0 Å². The molecule has 0 radical (unpaired) electrons. The Morgan fingerprint density at radius 3 is 2.35 bits per heavy atom. The molecule has 2 aromatic carbocycles. The van der Waals surface area contributed by atoms with Crippen LogP contribution < -0.4 is 4.74 Å². The van der Waals surface area contributed by atoms with Crippen molar-refractivity contribution in [3.8, 4) is 5.75 Å². The van der Waals surface area contributed by atoms with Crippen LogP contribution in [0.1, 0.15) is 76.8 Å². The van der Waals surface area contributed by atoms with E-state index in [9.17, 15) is 4.79 Å². The predicted octanol–water partition coefficient (Wildman–Crippen LogP) is 7.62. The van der Waals surface area contributed by atoms with Crippen LogP contribution in [0.4, 0.5) is 0 Å². The summed E-state index contributed by atoms with van der Waals surface area (Å²) >= 11 is 0. The third-order valence-electron chi connectivity index (χ3n) is 8.20. The lowest BCUT2D eigenvalue weighted by Crippen LogP contribution is -2.48. The standard InChI is InChI=1S/C31H38O3/c1-4-10-34-29-17-26-9-8-22(7-6-21(3)11-30(32)33-5-2)15-27(26)16-28(29)31-18-23-12-24(19-31)14-25(13-23)20-31/h6-9,11,15-17,23-25H,4-5,10,12-14,18-20H2,1-3H3/b7-6+,21-11+. The molecular formula is C31H38O3. The average Bonchev–Trinajstić information content (AvgIpc) is 2.80. The topological polar surface area (TPSA) is 35.5 Å². The molecule has 0 aromatic heterocycles. The number of hydrogen-bond donors (Lipinski definition) is 0. The zero-order valence-electron chi connectivity index (χ0n) is 20.9. The first-order valence-corrected chi connectivity index (χ1v) is 13.2. The van der Waals surface area contributed by atoms with Crippen molar-refractivity contribution in [3.05, 3.63) is 59.2 Å². The van der Waals surface area contributed by atoms with Crippen LogP contribution in [-0.2, 0) is 14.9 Å². The van der Waals surface area contributed by atoms with E-state index in [0.717, 1.165) is 47.7 Å². The lowest BCUT2D eigenvalue weighted by molar-refractivity contribution is -0.137. The maximum absolute atomic E-state index is 11.7. The normalized spacial score (nSPS) is 28.1. The van der Waals surface area contributed by atoms with E-state index in [-0.39, 0.29) is 5.97 Å². The second-order valence-corrected chi connectivity index (χ2v) is 11.0. The van der Waals surface area contributed by atoms with Crippen molar-refractivity contribution >= 4 is 22.8 Å². The van der Waals surface area contributed by atoms with Crippen molar-refractivity contribution < 1.29 is 14.3 Å². The number of carbonyl (C=O) groups excluding carboxylic acids is 1. The molecule has 4 aliphatic carbocycles. The molecule has 0 heterocycles. The van der Waals surface area contributed by atoms with E-state index in [2.05, 4.69) is 43.3 Å². The number of carbonyl (C=O) groups is 1. The highest BCUT2D eigenvalue weighted by atomic mass is 16.5. The van der Waals surface area contributed by atoms with Crippen LogP contribution in [0.15, 0.2) is 48.1 Å². The van der Waals surface area contributed by atoms with Crippen LogP contribution in [0, 0.1) is 17.8 Å². The Hall–Kier alpha value is -2.55. The van der Waals surface area contributed by atoms with Crippen molar-refractivity contribution in [2.45, 2.75) is 71.1 Å². The van der Waals surface area contributed by atoms with Gasteiger partial charge in [-0.05, 0) is 122 Å². The lowest BCUT2D eigenvalue weighted by Gasteiger charge is -2.57. The molecule has 0 N–H and O–H groups in total. The van der Waals surface area contributed by atoms with Gasteiger partial charge in [0.15, 0.2) is 0 Å².